The number of fused-ring (bicyclic) bond motifs is 3. The number of rotatable bonds is 5. The molecule has 0 saturated carbocycles. The molecule has 172 valence electrons. The minimum absolute atomic E-state index is 0.145. The van der Waals surface area contributed by atoms with Crippen molar-refractivity contribution in [1.29, 1.82) is 0 Å². The van der Waals surface area contributed by atoms with E-state index in [-0.39, 0.29) is 4.90 Å². The second-order valence-corrected chi connectivity index (χ2v) is 10.4. The quantitative estimate of drug-likeness (QED) is 0.283. The summed E-state index contributed by atoms with van der Waals surface area (Å²) < 4.78 is 33.0. The molecule has 34 heavy (non-hydrogen) atoms. The van der Waals surface area contributed by atoms with Crippen molar-refractivity contribution in [2.24, 2.45) is 0 Å². The molecule has 0 unspecified atom stereocenters. The van der Waals surface area contributed by atoms with Gasteiger partial charge in [0, 0.05) is 29.5 Å². The van der Waals surface area contributed by atoms with Gasteiger partial charge in [-0.3, -0.25) is 14.1 Å². The summed E-state index contributed by atoms with van der Waals surface area (Å²) in [5.74, 6) is 0. The van der Waals surface area contributed by atoms with Crippen molar-refractivity contribution in [3.63, 3.8) is 0 Å². The molecule has 0 radical (unpaired) electrons. The molecule has 1 aliphatic carbocycles. The van der Waals surface area contributed by atoms with Gasteiger partial charge in [-0.2, -0.15) is 8.42 Å². The van der Waals surface area contributed by atoms with Crippen molar-refractivity contribution in [2.75, 3.05) is 11.4 Å². The van der Waals surface area contributed by atoms with Gasteiger partial charge in [0.25, 0.3) is 10.1 Å². The lowest BCUT2D eigenvalue weighted by Crippen LogP contribution is -2.25. The smallest absolute Gasteiger partial charge is 0.294 e. The molecule has 0 aromatic heterocycles. The summed E-state index contributed by atoms with van der Waals surface area (Å²) in [6.07, 6.45) is 0. The number of hydrogen-bond donors (Lipinski definition) is 2. The maximum absolute atomic E-state index is 12.8. The topological polar surface area (TPSA) is 108 Å². The molecule has 0 bridgehead atoms. The van der Waals surface area contributed by atoms with E-state index in [1.165, 1.54) is 23.5 Å². The van der Waals surface area contributed by atoms with Crippen molar-refractivity contribution >= 4 is 48.1 Å². The normalized spacial score (nSPS) is 11.9. The van der Waals surface area contributed by atoms with E-state index in [4.69, 9.17) is 0 Å². The molecule has 3 aromatic carbocycles. The van der Waals surface area contributed by atoms with Gasteiger partial charge >= 0.3 is 0 Å². The number of hydrogen-bond acceptors (Lipinski definition) is 6. The summed E-state index contributed by atoms with van der Waals surface area (Å²) in [5.41, 5.74) is 1.67. The van der Waals surface area contributed by atoms with Crippen LogP contribution in [0.15, 0.2) is 81.2 Å². The van der Waals surface area contributed by atoms with E-state index in [9.17, 15) is 22.6 Å². The molecule has 0 atom stereocenters. The van der Waals surface area contributed by atoms with Crippen molar-refractivity contribution in [3.8, 4) is 0 Å². The number of anilines is 1. The first kappa shape index (κ1) is 22.3. The van der Waals surface area contributed by atoms with Gasteiger partial charge in [0.15, 0.2) is 0 Å². The predicted molar refractivity (Wildman–Crippen MR) is 135 cm³/mol. The summed E-state index contributed by atoms with van der Waals surface area (Å²) >= 11 is 1.30. The molecule has 1 heterocycles. The molecule has 0 fully saturated rings. The van der Waals surface area contributed by atoms with Crippen molar-refractivity contribution < 1.29 is 13.0 Å². The lowest BCUT2D eigenvalue weighted by atomic mass is 10.1. The highest BCUT2D eigenvalue weighted by atomic mass is 32.2. The van der Waals surface area contributed by atoms with Gasteiger partial charge in [0.2, 0.25) is 10.9 Å². The highest BCUT2D eigenvalue weighted by Crippen LogP contribution is 2.27. The van der Waals surface area contributed by atoms with Gasteiger partial charge in [-0.1, -0.05) is 36.4 Å². The third kappa shape index (κ3) is 3.87. The fraction of sp³-hybridized carbons (Fsp3) is 0.120. The third-order valence-corrected chi connectivity index (χ3v) is 7.88. The molecular weight excluding hydrogens is 472 g/mol. The third-order valence-electron chi connectivity index (χ3n) is 5.86. The fourth-order valence-electron chi connectivity index (χ4n) is 4.09. The molecule has 9 heteroatoms. The SMILES string of the molecule is CCN(Cc1ccc(S(=O)(=O)O)cc1)c1ccc2[nH]c3c4ccccc4c(=O)c(=O)c=3sc2c1. The molecule has 0 spiro atoms. The Bertz CT molecular complexity index is 1840. The first-order chi connectivity index (χ1) is 16.3. The Morgan fingerprint density at radius 3 is 2.32 bits per heavy atom. The second kappa shape index (κ2) is 8.35. The van der Waals surface area contributed by atoms with Crippen LogP contribution < -0.4 is 15.8 Å². The van der Waals surface area contributed by atoms with Gasteiger partial charge in [-0.05, 0) is 42.8 Å². The Morgan fingerprint density at radius 1 is 0.941 bits per heavy atom. The molecule has 7 nitrogen and oxygen atoms in total. The number of nitrogens with zero attached hydrogens (tertiary/aromatic N) is 1. The fourth-order valence-corrected chi connectivity index (χ4v) is 5.65. The number of aromatic nitrogens is 1. The number of nitrogens with one attached hydrogen (secondary N) is 1. The van der Waals surface area contributed by atoms with Crippen LogP contribution >= 0.6 is 11.3 Å². The number of H-pyrrole nitrogens is 1. The van der Waals surface area contributed by atoms with E-state index in [0.29, 0.717) is 28.4 Å². The number of aromatic amines is 1. The summed E-state index contributed by atoms with van der Waals surface area (Å²) in [5, 5.41) is 1.81. The van der Waals surface area contributed by atoms with Gasteiger partial charge in [0.1, 0.15) is 4.53 Å². The highest BCUT2D eigenvalue weighted by molar-refractivity contribution is 7.85. The summed E-state index contributed by atoms with van der Waals surface area (Å²) in [6.45, 7) is 3.23. The standard InChI is InChI=1S/C25H20N2O5S2/c1-2-27(14-15-7-10-17(11-8-15)34(30,31)32)16-9-12-20-21(13-16)33-25-22(26-20)18-5-3-4-6-19(18)23(28)24(25)29/h3-13,26H,2,14H2,1H3,(H,30,31,32). The van der Waals surface area contributed by atoms with Crippen molar-refractivity contribution in [3.05, 3.63) is 103 Å². The summed E-state index contributed by atoms with van der Waals surface area (Å²) in [6, 6.07) is 19.1. The zero-order chi connectivity index (χ0) is 24.0. The van der Waals surface area contributed by atoms with Crippen LogP contribution in [0.1, 0.15) is 12.5 Å². The molecular formula is C25H20N2O5S2. The van der Waals surface area contributed by atoms with E-state index < -0.39 is 21.0 Å². The molecule has 5 rings (SSSR count). The van der Waals surface area contributed by atoms with E-state index in [1.54, 1.807) is 24.3 Å². The molecule has 0 saturated heterocycles. The molecule has 2 aliphatic rings. The van der Waals surface area contributed by atoms with Crippen LogP contribution in [0, 0.1) is 9.88 Å². The van der Waals surface area contributed by atoms with Crippen molar-refractivity contribution in [1.82, 2.24) is 4.98 Å². The van der Waals surface area contributed by atoms with Gasteiger partial charge in [0.05, 0.1) is 20.5 Å². The highest BCUT2D eigenvalue weighted by Gasteiger charge is 2.13. The van der Waals surface area contributed by atoms with E-state index in [1.807, 2.05) is 37.3 Å². The molecule has 2 N–H and O–H groups in total. The Hall–Kier alpha value is -3.53. The Kier molecular flexibility index (Phi) is 5.47. The second-order valence-electron chi connectivity index (χ2n) is 7.95. The first-order valence-corrected chi connectivity index (χ1v) is 12.8. The predicted octanol–water partition coefficient (Wildman–Crippen LogP) is 4.10. The average Bonchev–Trinajstić information content (AvgIpc) is 2.84. The van der Waals surface area contributed by atoms with Crippen LogP contribution in [0.25, 0.3) is 21.0 Å². The monoisotopic (exact) mass is 492 g/mol. The van der Waals surface area contributed by atoms with Crippen LogP contribution in [0.3, 0.4) is 0 Å². The average molecular weight is 493 g/mol. The zero-order valence-electron chi connectivity index (χ0n) is 18.1. The van der Waals surface area contributed by atoms with Crippen LogP contribution in [0.4, 0.5) is 5.69 Å². The minimum atomic E-state index is -4.23. The van der Waals surface area contributed by atoms with E-state index in [2.05, 4.69) is 9.88 Å². The Labute approximate surface area is 198 Å². The lowest BCUT2D eigenvalue weighted by Gasteiger charge is -2.23. The summed E-state index contributed by atoms with van der Waals surface area (Å²) in [7, 11) is -4.23. The van der Waals surface area contributed by atoms with Gasteiger partial charge in [-0.15, -0.1) is 11.3 Å². The van der Waals surface area contributed by atoms with E-state index >= 15 is 0 Å². The molecule has 0 amide bonds. The Balaban J connectivity index is 1.59. The minimum Gasteiger partial charge on any atom is -0.367 e. The van der Waals surface area contributed by atoms with Gasteiger partial charge < -0.3 is 9.88 Å². The zero-order valence-corrected chi connectivity index (χ0v) is 19.7. The van der Waals surface area contributed by atoms with Crippen LogP contribution in [0.5, 0.6) is 0 Å². The summed E-state index contributed by atoms with van der Waals surface area (Å²) in [4.78, 5) is 30.7. The lowest BCUT2D eigenvalue weighted by molar-refractivity contribution is 0.483. The maximum Gasteiger partial charge on any atom is 0.294 e. The number of benzene rings is 3. The maximum atomic E-state index is 12.8. The van der Waals surface area contributed by atoms with Crippen LogP contribution in [-0.2, 0) is 16.7 Å². The van der Waals surface area contributed by atoms with Crippen LogP contribution in [0.2, 0.25) is 0 Å². The largest absolute Gasteiger partial charge is 0.367 e. The van der Waals surface area contributed by atoms with Crippen molar-refractivity contribution in [2.45, 2.75) is 18.4 Å². The first-order valence-electron chi connectivity index (χ1n) is 10.6. The van der Waals surface area contributed by atoms with Gasteiger partial charge in [-0.25, -0.2) is 0 Å². The van der Waals surface area contributed by atoms with E-state index in [0.717, 1.165) is 26.9 Å². The molecule has 1 aliphatic heterocycles. The van der Waals surface area contributed by atoms with Crippen LogP contribution in [-0.4, -0.2) is 24.5 Å². The molecule has 3 aromatic rings. The Morgan fingerprint density at radius 2 is 1.65 bits per heavy atom.